The fourth-order valence-corrected chi connectivity index (χ4v) is 1.47. The summed E-state index contributed by atoms with van der Waals surface area (Å²) in [4.78, 5) is 12.0. The van der Waals surface area contributed by atoms with Gasteiger partial charge in [-0.1, -0.05) is 15.9 Å². The second kappa shape index (κ2) is 5.22. The van der Waals surface area contributed by atoms with E-state index in [0.717, 1.165) is 4.47 Å². The van der Waals surface area contributed by atoms with Crippen LogP contribution in [0.3, 0.4) is 0 Å². The quantitative estimate of drug-likeness (QED) is 0.863. The van der Waals surface area contributed by atoms with Gasteiger partial charge in [0.25, 0.3) is 0 Å². The highest BCUT2D eigenvalue weighted by Crippen LogP contribution is 2.18. The summed E-state index contributed by atoms with van der Waals surface area (Å²) in [6, 6.07) is 7.04. The standard InChI is InChI=1S/C9H9BrClNO2/c10-7-1-3-8(4-2-7)12(6-5-11)9(13)14/h1-4H,5-6H2,(H,13,14). The molecule has 0 saturated carbocycles. The minimum absolute atomic E-state index is 0.280. The predicted octanol–water partition coefficient (Wildman–Crippen LogP) is 3.17. The normalized spacial score (nSPS) is 9.86. The first-order chi connectivity index (χ1) is 6.65. The van der Waals surface area contributed by atoms with E-state index in [9.17, 15) is 4.79 Å². The molecule has 1 aromatic carbocycles. The maximum atomic E-state index is 10.8. The molecule has 0 unspecified atom stereocenters. The van der Waals surface area contributed by atoms with E-state index in [-0.39, 0.29) is 5.88 Å². The molecular weight excluding hydrogens is 269 g/mol. The molecule has 0 heterocycles. The average molecular weight is 279 g/mol. The molecule has 0 aliphatic rings. The van der Waals surface area contributed by atoms with Gasteiger partial charge in [-0.15, -0.1) is 11.6 Å². The molecule has 0 aromatic heterocycles. The van der Waals surface area contributed by atoms with Crippen molar-refractivity contribution < 1.29 is 9.90 Å². The Morgan fingerprint density at radius 2 is 2.00 bits per heavy atom. The number of amides is 1. The van der Waals surface area contributed by atoms with Crippen LogP contribution < -0.4 is 4.90 Å². The number of anilines is 1. The fraction of sp³-hybridized carbons (Fsp3) is 0.222. The Balaban J connectivity index is 2.87. The van der Waals surface area contributed by atoms with E-state index in [1.54, 1.807) is 24.3 Å². The Hall–Kier alpha value is -0.740. The second-order valence-electron chi connectivity index (χ2n) is 2.60. The summed E-state index contributed by atoms with van der Waals surface area (Å²) in [5, 5.41) is 8.88. The molecule has 0 fully saturated rings. The van der Waals surface area contributed by atoms with Crippen molar-refractivity contribution in [1.29, 1.82) is 0 Å². The Morgan fingerprint density at radius 3 is 2.43 bits per heavy atom. The Bertz CT molecular complexity index is 315. The topological polar surface area (TPSA) is 40.5 Å². The number of carboxylic acid groups (broad SMARTS) is 1. The molecule has 1 N–H and O–H groups in total. The molecule has 0 spiro atoms. The Labute approximate surface area is 95.4 Å². The largest absolute Gasteiger partial charge is 0.465 e. The number of halogens is 2. The fourth-order valence-electron chi connectivity index (χ4n) is 1.04. The van der Waals surface area contributed by atoms with Crippen LogP contribution in [0.25, 0.3) is 0 Å². The van der Waals surface area contributed by atoms with Gasteiger partial charge in [-0.2, -0.15) is 0 Å². The van der Waals surface area contributed by atoms with Crippen LogP contribution in [0.1, 0.15) is 0 Å². The molecule has 0 saturated heterocycles. The third-order valence-corrected chi connectivity index (χ3v) is 2.38. The third kappa shape index (κ3) is 2.89. The lowest BCUT2D eigenvalue weighted by molar-refractivity contribution is 0.202. The minimum atomic E-state index is -0.993. The summed E-state index contributed by atoms with van der Waals surface area (Å²) in [5.41, 5.74) is 0.626. The number of rotatable bonds is 3. The molecule has 0 atom stereocenters. The molecule has 1 amide bonds. The molecule has 76 valence electrons. The summed E-state index contributed by atoms with van der Waals surface area (Å²) < 4.78 is 0.914. The Kier molecular flexibility index (Phi) is 4.22. The van der Waals surface area contributed by atoms with Gasteiger partial charge < -0.3 is 5.11 Å². The number of alkyl halides is 1. The first kappa shape index (κ1) is 11.3. The summed E-state index contributed by atoms with van der Waals surface area (Å²) in [6.07, 6.45) is -0.993. The van der Waals surface area contributed by atoms with Crippen molar-refractivity contribution in [3.8, 4) is 0 Å². The second-order valence-corrected chi connectivity index (χ2v) is 3.89. The first-order valence-electron chi connectivity index (χ1n) is 3.97. The van der Waals surface area contributed by atoms with Crippen LogP contribution in [0.2, 0.25) is 0 Å². The van der Waals surface area contributed by atoms with E-state index < -0.39 is 6.09 Å². The lowest BCUT2D eigenvalue weighted by Gasteiger charge is -2.17. The summed E-state index contributed by atoms with van der Waals surface area (Å²) in [5.74, 6) is 0.280. The van der Waals surface area contributed by atoms with E-state index in [0.29, 0.717) is 12.2 Å². The van der Waals surface area contributed by atoms with E-state index in [2.05, 4.69) is 15.9 Å². The highest BCUT2D eigenvalue weighted by Gasteiger charge is 2.12. The van der Waals surface area contributed by atoms with Crippen LogP contribution in [-0.2, 0) is 0 Å². The van der Waals surface area contributed by atoms with Gasteiger partial charge in [0.1, 0.15) is 0 Å². The van der Waals surface area contributed by atoms with Gasteiger partial charge >= 0.3 is 6.09 Å². The number of benzene rings is 1. The molecule has 0 radical (unpaired) electrons. The van der Waals surface area contributed by atoms with Crippen molar-refractivity contribution in [3.05, 3.63) is 28.7 Å². The number of hydrogen-bond donors (Lipinski definition) is 1. The predicted molar refractivity (Wildman–Crippen MR) is 60.2 cm³/mol. The van der Waals surface area contributed by atoms with Crippen LogP contribution in [0.5, 0.6) is 0 Å². The smallest absolute Gasteiger partial charge is 0.411 e. The zero-order chi connectivity index (χ0) is 10.6. The molecule has 1 rings (SSSR count). The molecule has 1 aromatic rings. The summed E-state index contributed by atoms with van der Waals surface area (Å²) in [7, 11) is 0. The van der Waals surface area contributed by atoms with E-state index in [1.807, 2.05) is 0 Å². The van der Waals surface area contributed by atoms with Crippen molar-refractivity contribution in [2.45, 2.75) is 0 Å². The van der Waals surface area contributed by atoms with Gasteiger partial charge in [-0.05, 0) is 24.3 Å². The SMILES string of the molecule is O=C(O)N(CCCl)c1ccc(Br)cc1. The van der Waals surface area contributed by atoms with Gasteiger partial charge in [0, 0.05) is 22.6 Å². The third-order valence-electron chi connectivity index (χ3n) is 1.68. The lowest BCUT2D eigenvalue weighted by atomic mass is 10.3. The first-order valence-corrected chi connectivity index (χ1v) is 5.30. The van der Waals surface area contributed by atoms with Crippen LogP contribution in [0, 0.1) is 0 Å². The highest BCUT2D eigenvalue weighted by atomic mass is 79.9. The highest BCUT2D eigenvalue weighted by molar-refractivity contribution is 9.10. The zero-order valence-electron chi connectivity index (χ0n) is 7.28. The van der Waals surface area contributed by atoms with Crippen LogP contribution in [0.15, 0.2) is 28.7 Å². The molecule has 0 aliphatic carbocycles. The minimum Gasteiger partial charge on any atom is -0.465 e. The van der Waals surface area contributed by atoms with Gasteiger partial charge in [-0.3, -0.25) is 4.90 Å². The maximum Gasteiger partial charge on any atom is 0.411 e. The number of nitrogens with zero attached hydrogens (tertiary/aromatic N) is 1. The van der Waals surface area contributed by atoms with Crippen molar-refractivity contribution in [3.63, 3.8) is 0 Å². The van der Waals surface area contributed by atoms with Gasteiger partial charge in [0.05, 0.1) is 0 Å². The van der Waals surface area contributed by atoms with Crippen molar-refractivity contribution in [2.75, 3.05) is 17.3 Å². The van der Waals surface area contributed by atoms with Gasteiger partial charge in [-0.25, -0.2) is 4.79 Å². The molecule has 0 aliphatic heterocycles. The molecule has 3 nitrogen and oxygen atoms in total. The van der Waals surface area contributed by atoms with Gasteiger partial charge in [0.15, 0.2) is 0 Å². The molecule has 0 bridgehead atoms. The van der Waals surface area contributed by atoms with Crippen molar-refractivity contribution in [2.24, 2.45) is 0 Å². The number of carbonyl (C=O) groups is 1. The molecule has 5 heteroatoms. The molecule has 14 heavy (non-hydrogen) atoms. The zero-order valence-corrected chi connectivity index (χ0v) is 9.62. The molecular formula is C9H9BrClNO2. The van der Waals surface area contributed by atoms with Crippen molar-refractivity contribution in [1.82, 2.24) is 0 Å². The monoisotopic (exact) mass is 277 g/mol. The lowest BCUT2D eigenvalue weighted by Crippen LogP contribution is -2.30. The van der Waals surface area contributed by atoms with Gasteiger partial charge in [0.2, 0.25) is 0 Å². The summed E-state index contributed by atoms with van der Waals surface area (Å²) >= 11 is 8.79. The number of hydrogen-bond acceptors (Lipinski definition) is 1. The van der Waals surface area contributed by atoms with Crippen LogP contribution in [0.4, 0.5) is 10.5 Å². The maximum absolute atomic E-state index is 10.8. The van der Waals surface area contributed by atoms with E-state index in [4.69, 9.17) is 16.7 Å². The van der Waals surface area contributed by atoms with Crippen LogP contribution >= 0.6 is 27.5 Å². The van der Waals surface area contributed by atoms with Crippen molar-refractivity contribution >= 4 is 39.3 Å². The van der Waals surface area contributed by atoms with E-state index >= 15 is 0 Å². The average Bonchev–Trinajstić information content (AvgIpc) is 2.15. The van der Waals surface area contributed by atoms with E-state index in [1.165, 1.54) is 4.90 Å². The van der Waals surface area contributed by atoms with Crippen LogP contribution in [-0.4, -0.2) is 23.6 Å². The summed E-state index contributed by atoms with van der Waals surface area (Å²) in [6.45, 7) is 0.290. The Morgan fingerprint density at radius 1 is 1.43 bits per heavy atom.